The maximum absolute atomic E-state index is 12.1. The molecular weight excluding hydrogens is 320 g/mol. The first-order valence-corrected chi connectivity index (χ1v) is 7.33. The van der Waals surface area contributed by atoms with Gasteiger partial charge in [0.05, 0.1) is 11.7 Å². The number of hydrogen-bond acceptors (Lipinski definition) is 7. The van der Waals surface area contributed by atoms with E-state index in [0.29, 0.717) is 16.2 Å². The van der Waals surface area contributed by atoms with Gasteiger partial charge in [-0.25, -0.2) is 9.97 Å². The van der Waals surface area contributed by atoms with Gasteiger partial charge in [-0.2, -0.15) is 0 Å². The summed E-state index contributed by atoms with van der Waals surface area (Å²) in [6, 6.07) is 2.85. The van der Waals surface area contributed by atoms with Crippen LogP contribution in [0.15, 0.2) is 29.9 Å². The number of hydrogen-bond donors (Lipinski definition) is 3. The van der Waals surface area contributed by atoms with Crippen molar-refractivity contribution in [2.24, 2.45) is 0 Å². The molecule has 0 saturated carbocycles. The van der Waals surface area contributed by atoms with Crippen LogP contribution in [0.3, 0.4) is 0 Å². The Bertz CT molecular complexity index is 895. The first kappa shape index (κ1) is 14.9. The van der Waals surface area contributed by atoms with Crippen molar-refractivity contribution in [3.05, 3.63) is 35.5 Å². The second-order valence-corrected chi connectivity index (χ2v) is 5.39. The number of thiazole rings is 1. The van der Waals surface area contributed by atoms with Gasteiger partial charge in [0.15, 0.2) is 0 Å². The summed E-state index contributed by atoms with van der Waals surface area (Å²) in [6.45, 7) is -0.556. The fourth-order valence-corrected chi connectivity index (χ4v) is 2.59. The standard InChI is InChI=1S/C14H10N4O4S/c19-9-2-1-7-12(11(9)13(22)17-6-10(20)21)16-5-8(18-7)14-15-3-4-23-14/h1-5,19H,6H2,(H,17,22)(H,20,21). The third-order valence-electron chi connectivity index (χ3n) is 2.97. The second kappa shape index (κ2) is 5.97. The lowest BCUT2D eigenvalue weighted by Crippen LogP contribution is -2.29. The van der Waals surface area contributed by atoms with Gasteiger partial charge in [0.25, 0.3) is 5.91 Å². The molecule has 2 aromatic heterocycles. The van der Waals surface area contributed by atoms with Crippen molar-refractivity contribution in [2.75, 3.05) is 6.54 Å². The molecule has 1 aromatic carbocycles. The summed E-state index contributed by atoms with van der Waals surface area (Å²) in [4.78, 5) is 35.3. The SMILES string of the molecule is O=C(O)CNC(=O)c1c(O)ccc2nc(-c3nccs3)cnc12. The van der Waals surface area contributed by atoms with Crippen LogP contribution in [0, 0.1) is 0 Å². The van der Waals surface area contributed by atoms with Gasteiger partial charge in [0, 0.05) is 11.6 Å². The first-order valence-electron chi connectivity index (χ1n) is 6.45. The van der Waals surface area contributed by atoms with Crippen LogP contribution in [0.25, 0.3) is 21.7 Å². The number of carboxylic acid groups (broad SMARTS) is 1. The molecule has 8 nitrogen and oxygen atoms in total. The van der Waals surface area contributed by atoms with Gasteiger partial charge in [-0.1, -0.05) is 0 Å². The number of nitrogens with zero attached hydrogens (tertiary/aromatic N) is 3. The molecule has 2 heterocycles. The molecule has 0 unspecified atom stereocenters. The number of phenolic OH excluding ortho intramolecular Hbond substituents is 1. The predicted molar refractivity (Wildman–Crippen MR) is 82.3 cm³/mol. The van der Waals surface area contributed by atoms with Crippen LogP contribution in [0.1, 0.15) is 10.4 Å². The zero-order valence-corrected chi connectivity index (χ0v) is 12.4. The van der Waals surface area contributed by atoms with E-state index in [2.05, 4.69) is 20.3 Å². The van der Waals surface area contributed by atoms with Crippen molar-refractivity contribution in [2.45, 2.75) is 0 Å². The van der Waals surface area contributed by atoms with Crippen LogP contribution in [-0.2, 0) is 4.79 Å². The largest absolute Gasteiger partial charge is 0.507 e. The molecule has 23 heavy (non-hydrogen) atoms. The Morgan fingerprint density at radius 2 is 2.09 bits per heavy atom. The average Bonchev–Trinajstić information content (AvgIpc) is 3.06. The monoisotopic (exact) mass is 330 g/mol. The Labute approximate surface area is 133 Å². The van der Waals surface area contributed by atoms with E-state index < -0.39 is 18.4 Å². The lowest BCUT2D eigenvalue weighted by molar-refractivity contribution is -0.135. The summed E-state index contributed by atoms with van der Waals surface area (Å²) in [6.07, 6.45) is 3.10. The van der Waals surface area contributed by atoms with E-state index >= 15 is 0 Å². The lowest BCUT2D eigenvalue weighted by Gasteiger charge is -2.08. The molecule has 1 amide bonds. The van der Waals surface area contributed by atoms with Gasteiger partial charge in [0.2, 0.25) is 0 Å². The van der Waals surface area contributed by atoms with Crippen molar-refractivity contribution in [3.63, 3.8) is 0 Å². The number of nitrogens with one attached hydrogen (secondary N) is 1. The second-order valence-electron chi connectivity index (χ2n) is 4.50. The minimum atomic E-state index is -1.18. The lowest BCUT2D eigenvalue weighted by atomic mass is 10.1. The highest BCUT2D eigenvalue weighted by Crippen LogP contribution is 2.27. The number of fused-ring (bicyclic) bond motifs is 1. The molecular formula is C14H10N4O4S. The van der Waals surface area contributed by atoms with E-state index in [1.807, 2.05) is 5.38 Å². The summed E-state index contributed by atoms with van der Waals surface area (Å²) in [5.41, 5.74) is 1.03. The molecule has 0 aliphatic rings. The number of aromatic nitrogens is 3. The molecule has 0 fully saturated rings. The Morgan fingerprint density at radius 1 is 1.26 bits per heavy atom. The smallest absolute Gasteiger partial charge is 0.322 e. The number of phenols is 1. The molecule has 3 aromatic rings. The number of carboxylic acids is 1. The maximum atomic E-state index is 12.1. The van der Waals surface area contributed by atoms with Crippen LogP contribution >= 0.6 is 11.3 Å². The fraction of sp³-hybridized carbons (Fsp3) is 0.0714. The molecule has 9 heteroatoms. The molecule has 0 spiro atoms. The van der Waals surface area contributed by atoms with E-state index in [9.17, 15) is 14.7 Å². The summed E-state index contributed by atoms with van der Waals surface area (Å²) in [5, 5.41) is 23.2. The van der Waals surface area contributed by atoms with Gasteiger partial charge >= 0.3 is 5.97 Å². The Kier molecular flexibility index (Phi) is 3.85. The van der Waals surface area contributed by atoms with Crippen molar-refractivity contribution >= 4 is 34.2 Å². The van der Waals surface area contributed by atoms with Crippen LogP contribution in [0.4, 0.5) is 0 Å². The molecule has 0 aliphatic heterocycles. The number of carbonyl (C=O) groups excluding carboxylic acids is 1. The third-order valence-corrected chi connectivity index (χ3v) is 3.77. The summed E-state index contributed by atoms with van der Waals surface area (Å²) in [5.74, 6) is -2.21. The van der Waals surface area contributed by atoms with Gasteiger partial charge in [0.1, 0.15) is 34.1 Å². The highest BCUT2D eigenvalue weighted by atomic mass is 32.1. The van der Waals surface area contributed by atoms with E-state index in [4.69, 9.17) is 5.11 Å². The normalized spacial score (nSPS) is 10.6. The summed E-state index contributed by atoms with van der Waals surface area (Å²) >= 11 is 1.40. The Hall–Kier alpha value is -3.07. The van der Waals surface area contributed by atoms with Crippen molar-refractivity contribution in [1.82, 2.24) is 20.3 Å². The molecule has 3 rings (SSSR count). The zero-order chi connectivity index (χ0) is 16.4. The molecule has 116 valence electrons. The predicted octanol–water partition coefficient (Wildman–Crippen LogP) is 1.27. The van der Waals surface area contributed by atoms with Gasteiger partial charge in [-0.05, 0) is 12.1 Å². The third kappa shape index (κ3) is 2.94. The zero-order valence-electron chi connectivity index (χ0n) is 11.6. The number of benzene rings is 1. The van der Waals surface area contributed by atoms with E-state index in [-0.39, 0.29) is 16.8 Å². The highest BCUT2D eigenvalue weighted by molar-refractivity contribution is 7.13. The minimum absolute atomic E-state index is 0.109. The van der Waals surface area contributed by atoms with Crippen molar-refractivity contribution < 1.29 is 19.8 Å². The van der Waals surface area contributed by atoms with E-state index in [1.54, 1.807) is 6.20 Å². The van der Waals surface area contributed by atoms with E-state index in [0.717, 1.165) is 0 Å². The van der Waals surface area contributed by atoms with Crippen LogP contribution in [0.5, 0.6) is 5.75 Å². The molecule has 0 bridgehead atoms. The van der Waals surface area contributed by atoms with Gasteiger partial charge in [-0.15, -0.1) is 11.3 Å². The number of amides is 1. The van der Waals surface area contributed by atoms with Crippen LogP contribution < -0.4 is 5.32 Å². The Morgan fingerprint density at radius 3 is 2.78 bits per heavy atom. The number of aliphatic carboxylic acids is 1. The highest BCUT2D eigenvalue weighted by Gasteiger charge is 2.18. The number of aromatic hydroxyl groups is 1. The summed E-state index contributed by atoms with van der Waals surface area (Å²) in [7, 11) is 0. The molecule has 0 saturated heterocycles. The molecule has 0 aliphatic carbocycles. The number of carbonyl (C=O) groups is 2. The van der Waals surface area contributed by atoms with Crippen molar-refractivity contribution in [1.29, 1.82) is 0 Å². The quantitative estimate of drug-likeness (QED) is 0.657. The molecule has 0 atom stereocenters. The van der Waals surface area contributed by atoms with Crippen LogP contribution in [-0.4, -0.2) is 43.6 Å². The molecule has 0 radical (unpaired) electrons. The van der Waals surface area contributed by atoms with Crippen molar-refractivity contribution in [3.8, 4) is 16.5 Å². The summed E-state index contributed by atoms with van der Waals surface area (Å²) < 4.78 is 0. The van der Waals surface area contributed by atoms with Crippen LogP contribution in [0.2, 0.25) is 0 Å². The van der Waals surface area contributed by atoms with Gasteiger partial charge < -0.3 is 15.5 Å². The topological polar surface area (TPSA) is 125 Å². The van der Waals surface area contributed by atoms with E-state index in [1.165, 1.54) is 29.7 Å². The average molecular weight is 330 g/mol. The fourth-order valence-electron chi connectivity index (χ4n) is 2.00. The molecule has 3 N–H and O–H groups in total. The number of rotatable bonds is 4. The minimum Gasteiger partial charge on any atom is -0.507 e. The Balaban J connectivity index is 2.06. The van der Waals surface area contributed by atoms with Gasteiger partial charge in [-0.3, -0.25) is 14.6 Å². The first-order chi connectivity index (χ1) is 11.1. The maximum Gasteiger partial charge on any atom is 0.322 e.